The van der Waals surface area contributed by atoms with Crippen molar-refractivity contribution in [1.82, 2.24) is 10.2 Å². The maximum Gasteiger partial charge on any atom is 0.416 e. The van der Waals surface area contributed by atoms with Gasteiger partial charge in [0.2, 0.25) is 5.91 Å². The number of carbonyl (C=O) groups excluding carboxylic acids is 3. The number of hydrogen-bond acceptors (Lipinski definition) is 4. The minimum atomic E-state index is -5.14. The molecule has 188 valence electrons. The Balaban J connectivity index is 1.89. The Morgan fingerprint density at radius 2 is 1.53 bits per heavy atom. The van der Waals surface area contributed by atoms with Crippen LogP contribution in [-0.4, -0.2) is 29.7 Å². The summed E-state index contributed by atoms with van der Waals surface area (Å²) >= 11 is 0. The van der Waals surface area contributed by atoms with Gasteiger partial charge in [-0.2, -0.15) is 26.3 Å². The second-order valence-corrected chi connectivity index (χ2v) is 8.06. The van der Waals surface area contributed by atoms with Gasteiger partial charge >= 0.3 is 12.4 Å². The average Bonchev–Trinajstić information content (AvgIpc) is 3.35. The Bertz CT molecular complexity index is 1300. The molecule has 0 fully saturated rings. The third kappa shape index (κ3) is 4.58. The van der Waals surface area contributed by atoms with Crippen LogP contribution in [0.15, 0.2) is 65.3 Å². The molecule has 0 radical (unpaired) electrons. The monoisotopic (exact) mass is 510 g/mol. The summed E-state index contributed by atoms with van der Waals surface area (Å²) in [7, 11) is 1.16. The first-order valence-electron chi connectivity index (χ1n) is 10.3. The standard InChI is InChI=1S/C24H16F6N2O4/c1-32-19(12-9-13(23(25,26)27)11-14(10-12)24(28,29)30)18(15-5-2-3-6-16(15)22(32)35)21(34)31-20(33)17-7-4-8-36-17/h2-11,18-19H,1H3,(H,31,33,34)/t18-,19+/m1/s1. The molecule has 1 aliphatic rings. The molecule has 6 nitrogen and oxygen atoms in total. The number of rotatable bonds is 3. The number of imide groups is 1. The summed E-state index contributed by atoms with van der Waals surface area (Å²) in [4.78, 5) is 39.6. The lowest BCUT2D eigenvalue weighted by Crippen LogP contribution is -2.46. The largest absolute Gasteiger partial charge is 0.459 e. The van der Waals surface area contributed by atoms with Gasteiger partial charge in [0.05, 0.1) is 29.3 Å². The highest BCUT2D eigenvalue weighted by Crippen LogP contribution is 2.45. The van der Waals surface area contributed by atoms with Gasteiger partial charge in [-0.3, -0.25) is 19.7 Å². The first-order chi connectivity index (χ1) is 16.8. The molecular formula is C24H16F6N2O4. The Hall–Kier alpha value is -4.09. The van der Waals surface area contributed by atoms with Gasteiger partial charge < -0.3 is 9.32 Å². The van der Waals surface area contributed by atoms with Crippen LogP contribution in [0.2, 0.25) is 0 Å². The van der Waals surface area contributed by atoms with Crippen molar-refractivity contribution in [1.29, 1.82) is 0 Å². The van der Waals surface area contributed by atoms with Crippen molar-refractivity contribution in [2.75, 3.05) is 7.05 Å². The van der Waals surface area contributed by atoms with E-state index in [2.05, 4.69) is 5.32 Å². The van der Waals surface area contributed by atoms with E-state index in [-0.39, 0.29) is 23.0 Å². The summed E-state index contributed by atoms with van der Waals surface area (Å²) in [5, 5.41) is 2.06. The predicted octanol–water partition coefficient (Wildman–Crippen LogP) is 5.18. The van der Waals surface area contributed by atoms with E-state index in [1.165, 1.54) is 42.7 Å². The summed E-state index contributed by atoms with van der Waals surface area (Å²) < 4.78 is 86.0. The van der Waals surface area contributed by atoms with Gasteiger partial charge in [0, 0.05) is 12.6 Å². The van der Waals surface area contributed by atoms with Crippen molar-refractivity contribution in [3.05, 3.63) is 94.4 Å². The normalized spacial score (nSPS) is 18.1. The summed E-state index contributed by atoms with van der Waals surface area (Å²) in [5.41, 5.74) is -3.71. The molecule has 2 aromatic carbocycles. The number of halogens is 6. The molecule has 4 rings (SSSR count). The number of amides is 3. The van der Waals surface area contributed by atoms with E-state index < -0.39 is 58.7 Å². The first-order valence-corrected chi connectivity index (χ1v) is 10.3. The van der Waals surface area contributed by atoms with Crippen LogP contribution in [0.4, 0.5) is 26.3 Å². The maximum atomic E-state index is 13.5. The zero-order valence-electron chi connectivity index (χ0n) is 18.3. The third-order valence-corrected chi connectivity index (χ3v) is 5.80. The van der Waals surface area contributed by atoms with E-state index in [1.54, 1.807) is 0 Å². The smallest absolute Gasteiger partial charge is 0.416 e. The molecule has 2 heterocycles. The van der Waals surface area contributed by atoms with E-state index >= 15 is 0 Å². The number of nitrogens with one attached hydrogen (secondary N) is 1. The second-order valence-electron chi connectivity index (χ2n) is 8.06. The fraction of sp³-hybridized carbons (Fsp3) is 0.208. The number of likely N-dealkylation sites (N-methyl/N-ethyl adjacent to an activating group) is 1. The number of alkyl halides is 6. The SMILES string of the molecule is CN1C(=O)c2ccccc2[C@@H](C(=O)NC(=O)c2ccco2)[C@@H]1c1cc(C(F)(F)F)cc(C(F)(F)F)c1. The van der Waals surface area contributed by atoms with E-state index in [4.69, 9.17) is 4.42 Å². The van der Waals surface area contributed by atoms with E-state index in [9.17, 15) is 40.7 Å². The maximum absolute atomic E-state index is 13.5. The lowest BCUT2D eigenvalue weighted by molar-refractivity contribution is -0.143. The Labute approximate surface area is 199 Å². The third-order valence-electron chi connectivity index (χ3n) is 5.80. The van der Waals surface area contributed by atoms with Gasteiger partial charge in [-0.15, -0.1) is 0 Å². The van der Waals surface area contributed by atoms with Crippen LogP contribution >= 0.6 is 0 Å². The quantitative estimate of drug-likeness (QED) is 0.389. The fourth-order valence-electron chi connectivity index (χ4n) is 4.18. The molecule has 0 bridgehead atoms. The summed E-state index contributed by atoms with van der Waals surface area (Å²) in [6.45, 7) is 0. The van der Waals surface area contributed by atoms with Gasteiger partial charge in [0.15, 0.2) is 5.76 Å². The number of furan rings is 1. The molecular weight excluding hydrogens is 494 g/mol. The van der Waals surface area contributed by atoms with Crippen molar-refractivity contribution < 1.29 is 45.1 Å². The molecule has 1 N–H and O–H groups in total. The number of hydrogen-bond donors (Lipinski definition) is 1. The molecule has 0 saturated heterocycles. The van der Waals surface area contributed by atoms with Gasteiger partial charge in [-0.25, -0.2) is 0 Å². The minimum absolute atomic E-state index is 0.0184. The van der Waals surface area contributed by atoms with Crippen LogP contribution in [0.3, 0.4) is 0 Å². The molecule has 3 amide bonds. The number of fused-ring (bicyclic) bond motifs is 1. The first kappa shape index (κ1) is 25.0. The topological polar surface area (TPSA) is 79.6 Å². The van der Waals surface area contributed by atoms with Gasteiger partial charge in [-0.05, 0) is 47.5 Å². The van der Waals surface area contributed by atoms with Crippen molar-refractivity contribution in [3.8, 4) is 0 Å². The molecule has 0 aliphatic carbocycles. The van der Waals surface area contributed by atoms with Gasteiger partial charge in [0.25, 0.3) is 11.8 Å². The van der Waals surface area contributed by atoms with E-state index in [0.717, 1.165) is 11.9 Å². The van der Waals surface area contributed by atoms with Crippen LogP contribution in [0.25, 0.3) is 0 Å². The molecule has 1 aliphatic heterocycles. The highest BCUT2D eigenvalue weighted by Gasteiger charge is 2.45. The highest BCUT2D eigenvalue weighted by molar-refractivity contribution is 6.07. The van der Waals surface area contributed by atoms with Crippen LogP contribution < -0.4 is 5.32 Å². The zero-order chi connectivity index (χ0) is 26.4. The molecule has 0 saturated carbocycles. The lowest BCUT2D eigenvalue weighted by Gasteiger charge is -2.40. The zero-order valence-corrected chi connectivity index (χ0v) is 18.3. The van der Waals surface area contributed by atoms with Crippen LogP contribution in [-0.2, 0) is 17.1 Å². The number of carbonyl (C=O) groups is 3. The van der Waals surface area contributed by atoms with Crippen LogP contribution in [0.5, 0.6) is 0 Å². The van der Waals surface area contributed by atoms with Gasteiger partial charge in [0.1, 0.15) is 0 Å². The molecule has 1 aromatic heterocycles. The average molecular weight is 510 g/mol. The minimum Gasteiger partial charge on any atom is -0.459 e. The molecule has 36 heavy (non-hydrogen) atoms. The molecule has 12 heteroatoms. The fourth-order valence-corrected chi connectivity index (χ4v) is 4.18. The van der Waals surface area contributed by atoms with Crippen molar-refractivity contribution in [2.24, 2.45) is 0 Å². The van der Waals surface area contributed by atoms with Crippen molar-refractivity contribution in [2.45, 2.75) is 24.3 Å². The van der Waals surface area contributed by atoms with Crippen LogP contribution in [0, 0.1) is 0 Å². The lowest BCUT2D eigenvalue weighted by atomic mass is 9.78. The summed E-state index contributed by atoms with van der Waals surface area (Å²) in [5.74, 6) is -4.50. The van der Waals surface area contributed by atoms with Gasteiger partial charge in [-0.1, -0.05) is 18.2 Å². The van der Waals surface area contributed by atoms with E-state index in [0.29, 0.717) is 12.1 Å². The number of benzene rings is 2. The molecule has 2 atom stereocenters. The molecule has 0 spiro atoms. The Kier molecular flexibility index (Phi) is 6.15. The Morgan fingerprint density at radius 1 is 0.917 bits per heavy atom. The second kappa shape index (κ2) is 8.85. The van der Waals surface area contributed by atoms with Crippen molar-refractivity contribution >= 4 is 17.7 Å². The predicted molar refractivity (Wildman–Crippen MR) is 112 cm³/mol. The Morgan fingerprint density at radius 3 is 2.08 bits per heavy atom. The number of nitrogens with zero attached hydrogens (tertiary/aromatic N) is 1. The van der Waals surface area contributed by atoms with E-state index in [1.807, 2.05) is 0 Å². The highest BCUT2D eigenvalue weighted by atomic mass is 19.4. The molecule has 3 aromatic rings. The summed E-state index contributed by atoms with van der Waals surface area (Å²) in [6.07, 6.45) is -9.11. The van der Waals surface area contributed by atoms with Crippen molar-refractivity contribution in [3.63, 3.8) is 0 Å². The van der Waals surface area contributed by atoms with Crippen LogP contribution in [0.1, 0.15) is 55.1 Å². The summed E-state index contributed by atoms with van der Waals surface area (Å²) in [6, 6.07) is 7.59. The molecule has 0 unspecified atom stereocenters.